The molecule has 3 aromatic rings. The predicted molar refractivity (Wildman–Crippen MR) is 143 cm³/mol. The highest BCUT2D eigenvalue weighted by atomic mass is 16.1. The number of rotatable bonds is 6. The topological polar surface area (TPSA) is 82.4 Å². The fourth-order valence-corrected chi connectivity index (χ4v) is 5.40. The lowest BCUT2D eigenvalue weighted by molar-refractivity contribution is -0.125. The van der Waals surface area contributed by atoms with Crippen molar-refractivity contribution in [1.82, 2.24) is 35.1 Å². The number of piperazine rings is 1. The quantitative estimate of drug-likeness (QED) is 0.568. The number of aromatic nitrogens is 4. The van der Waals surface area contributed by atoms with E-state index in [4.69, 9.17) is 5.10 Å². The Labute approximate surface area is 213 Å². The number of likely N-dealkylation sites (N-methyl/N-ethyl adjacent to an activating group) is 1. The van der Waals surface area contributed by atoms with E-state index < -0.39 is 0 Å². The van der Waals surface area contributed by atoms with Crippen LogP contribution in [-0.2, 0) is 4.79 Å². The number of anilines is 1. The molecule has 2 aliphatic heterocycles. The minimum Gasteiger partial charge on any atom is -0.355 e. The highest BCUT2D eigenvalue weighted by Gasteiger charge is 2.29. The van der Waals surface area contributed by atoms with Crippen LogP contribution < -0.4 is 10.2 Å². The van der Waals surface area contributed by atoms with Crippen LogP contribution in [-0.4, -0.2) is 95.1 Å². The second-order valence-electron chi connectivity index (χ2n) is 10.4. The molecule has 2 aromatic heterocycles. The van der Waals surface area contributed by atoms with Crippen LogP contribution in [0, 0.1) is 26.7 Å². The Bertz CT molecular complexity index is 1210. The van der Waals surface area contributed by atoms with Crippen LogP contribution in [0.3, 0.4) is 0 Å². The molecule has 0 unspecified atom stereocenters. The molecule has 0 saturated carbocycles. The van der Waals surface area contributed by atoms with Gasteiger partial charge in [0.15, 0.2) is 5.82 Å². The standard InChI is InChI=1S/C27H38N8O/c1-19-7-9-23(10-8-19)35-21(3)24-20(2)29-30-26(25(24)31-35)34-12-5-6-22(18-34)27(36)28-11-13-33-16-14-32(4)15-17-33/h7-10,22H,5-6,11-18H2,1-4H3,(H,28,36)/t22-/m0/s1. The van der Waals surface area contributed by atoms with E-state index >= 15 is 0 Å². The van der Waals surface area contributed by atoms with Gasteiger partial charge in [-0.3, -0.25) is 9.69 Å². The Morgan fingerprint density at radius 1 is 1.03 bits per heavy atom. The van der Waals surface area contributed by atoms with E-state index in [1.165, 1.54) is 5.56 Å². The maximum atomic E-state index is 13.0. The first-order valence-electron chi connectivity index (χ1n) is 13.1. The number of carbonyl (C=O) groups excluding carboxylic acids is 1. The van der Waals surface area contributed by atoms with Gasteiger partial charge in [0.25, 0.3) is 0 Å². The maximum absolute atomic E-state index is 13.0. The van der Waals surface area contributed by atoms with Gasteiger partial charge in [0.2, 0.25) is 5.91 Å². The summed E-state index contributed by atoms with van der Waals surface area (Å²) >= 11 is 0. The molecule has 0 spiro atoms. The number of nitrogens with one attached hydrogen (secondary N) is 1. The number of benzene rings is 1. The van der Waals surface area contributed by atoms with Crippen LogP contribution in [0.25, 0.3) is 16.6 Å². The molecule has 0 radical (unpaired) electrons. The van der Waals surface area contributed by atoms with Crippen LogP contribution in [0.15, 0.2) is 24.3 Å². The largest absolute Gasteiger partial charge is 0.355 e. The fourth-order valence-electron chi connectivity index (χ4n) is 5.40. The maximum Gasteiger partial charge on any atom is 0.224 e. The van der Waals surface area contributed by atoms with Crippen molar-refractivity contribution in [3.05, 3.63) is 41.2 Å². The molecule has 1 aromatic carbocycles. The van der Waals surface area contributed by atoms with Crippen molar-refractivity contribution < 1.29 is 4.79 Å². The lowest BCUT2D eigenvalue weighted by Gasteiger charge is -2.34. The van der Waals surface area contributed by atoms with E-state index in [0.717, 1.165) is 85.9 Å². The number of piperidine rings is 1. The first-order chi connectivity index (χ1) is 17.4. The Morgan fingerprint density at radius 3 is 2.53 bits per heavy atom. The summed E-state index contributed by atoms with van der Waals surface area (Å²) in [6, 6.07) is 8.38. The summed E-state index contributed by atoms with van der Waals surface area (Å²) in [6.45, 7) is 13.6. The van der Waals surface area contributed by atoms with Gasteiger partial charge >= 0.3 is 0 Å². The monoisotopic (exact) mass is 490 g/mol. The molecule has 5 rings (SSSR count). The van der Waals surface area contributed by atoms with Gasteiger partial charge in [-0.1, -0.05) is 17.7 Å². The Morgan fingerprint density at radius 2 is 1.78 bits per heavy atom. The molecule has 0 aliphatic carbocycles. The van der Waals surface area contributed by atoms with E-state index in [2.05, 4.69) is 75.4 Å². The zero-order valence-corrected chi connectivity index (χ0v) is 22.0. The first kappa shape index (κ1) is 24.6. The number of fused-ring (bicyclic) bond motifs is 1. The highest BCUT2D eigenvalue weighted by molar-refractivity contribution is 5.92. The van der Waals surface area contributed by atoms with Crippen LogP contribution in [0.2, 0.25) is 0 Å². The smallest absolute Gasteiger partial charge is 0.224 e. The van der Waals surface area contributed by atoms with Crippen LogP contribution in [0.4, 0.5) is 5.82 Å². The summed E-state index contributed by atoms with van der Waals surface area (Å²) in [6.07, 6.45) is 1.85. The van der Waals surface area contributed by atoms with Gasteiger partial charge in [-0.2, -0.15) is 10.2 Å². The Hall–Kier alpha value is -3.04. The summed E-state index contributed by atoms with van der Waals surface area (Å²) in [5.41, 5.74) is 5.03. The molecule has 9 heteroatoms. The predicted octanol–water partition coefficient (Wildman–Crippen LogP) is 2.32. The van der Waals surface area contributed by atoms with Gasteiger partial charge in [0.1, 0.15) is 5.52 Å². The van der Waals surface area contributed by atoms with Crippen molar-refractivity contribution in [1.29, 1.82) is 0 Å². The molecule has 2 saturated heterocycles. The summed E-state index contributed by atoms with van der Waals surface area (Å²) in [5, 5.41) is 18.3. The van der Waals surface area contributed by atoms with Gasteiger partial charge in [0.05, 0.1) is 28.4 Å². The zero-order chi connectivity index (χ0) is 25.2. The van der Waals surface area contributed by atoms with Crippen molar-refractivity contribution >= 4 is 22.6 Å². The lowest BCUT2D eigenvalue weighted by Crippen LogP contribution is -2.48. The Balaban J connectivity index is 1.30. The molecule has 36 heavy (non-hydrogen) atoms. The number of aryl methyl sites for hydroxylation is 3. The van der Waals surface area contributed by atoms with Crippen molar-refractivity contribution in [2.75, 3.05) is 64.3 Å². The molecule has 1 N–H and O–H groups in total. The highest BCUT2D eigenvalue weighted by Crippen LogP contribution is 2.31. The molecule has 2 aliphatic rings. The summed E-state index contributed by atoms with van der Waals surface area (Å²) in [5.74, 6) is 0.871. The third-order valence-electron chi connectivity index (χ3n) is 7.68. The summed E-state index contributed by atoms with van der Waals surface area (Å²) in [7, 11) is 2.16. The van der Waals surface area contributed by atoms with Gasteiger partial charge in [-0.05, 0) is 52.8 Å². The summed E-state index contributed by atoms with van der Waals surface area (Å²) in [4.78, 5) is 20.0. The lowest BCUT2D eigenvalue weighted by atomic mass is 9.97. The molecule has 4 heterocycles. The SMILES string of the molecule is Cc1ccc(-n2nc3c(N4CCC[C@H](C(=O)NCCN5CCN(C)CC5)C4)nnc(C)c3c2C)cc1. The molecule has 192 valence electrons. The molecular formula is C27H38N8O. The van der Waals surface area contributed by atoms with Crippen LogP contribution >= 0.6 is 0 Å². The molecule has 2 fully saturated rings. The number of hydrogen-bond donors (Lipinski definition) is 1. The van der Waals surface area contributed by atoms with Crippen molar-refractivity contribution in [2.45, 2.75) is 33.6 Å². The van der Waals surface area contributed by atoms with Crippen molar-refractivity contribution in [3.8, 4) is 5.69 Å². The second-order valence-corrected chi connectivity index (χ2v) is 10.4. The average molecular weight is 491 g/mol. The first-order valence-corrected chi connectivity index (χ1v) is 13.1. The summed E-state index contributed by atoms with van der Waals surface area (Å²) < 4.78 is 1.98. The molecular weight excluding hydrogens is 452 g/mol. The van der Waals surface area contributed by atoms with Gasteiger partial charge < -0.3 is 15.1 Å². The van der Waals surface area contributed by atoms with Crippen LogP contribution in [0.5, 0.6) is 0 Å². The Kier molecular flexibility index (Phi) is 7.20. The molecule has 9 nitrogen and oxygen atoms in total. The number of hydrogen-bond acceptors (Lipinski definition) is 7. The second kappa shape index (κ2) is 10.5. The minimum absolute atomic E-state index is 0.0512. The van der Waals surface area contributed by atoms with Crippen molar-refractivity contribution in [2.24, 2.45) is 5.92 Å². The number of amides is 1. The zero-order valence-electron chi connectivity index (χ0n) is 22.0. The molecule has 0 bridgehead atoms. The van der Waals surface area contributed by atoms with E-state index in [-0.39, 0.29) is 11.8 Å². The fraction of sp³-hybridized carbons (Fsp3) is 0.556. The number of nitrogens with zero attached hydrogens (tertiary/aromatic N) is 7. The van der Waals surface area contributed by atoms with E-state index in [1.807, 2.05) is 11.6 Å². The number of carbonyl (C=O) groups is 1. The third-order valence-corrected chi connectivity index (χ3v) is 7.68. The van der Waals surface area contributed by atoms with E-state index in [9.17, 15) is 4.79 Å². The van der Waals surface area contributed by atoms with Crippen LogP contribution in [0.1, 0.15) is 29.8 Å². The third kappa shape index (κ3) is 5.08. The van der Waals surface area contributed by atoms with E-state index in [1.54, 1.807) is 0 Å². The van der Waals surface area contributed by atoms with Gasteiger partial charge in [-0.15, -0.1) is 5.10 Å². The minimum atomic E-state index is -0.0512. The van der Waals surface area contributed by atoms with Gasteiger partial charge in [-0.25, -0.2) is 4.68 Å². The van der Waals surface area contributed by atoms with Crippen molar-refractivity contribution in [3.63, 3.8) is 0 Å². The average Bonchev–Trinajstić information content (AvgIpc) is 3.24. The molecule has 1 atom stereocenters. The van der Waals surface area contributed by atoms with Gasteiger partial charge in [0, 0.05) is 52.4 Å². The normalized spacial score (nSPS) is 19.7. The van der Waals surface area contributed by atoms with E-state index in [0.29, 0.717) is 13.1 Å². The molecule has 1 amide bonds.